The van der Waals surface area contributed by atoms with Gasteiger partial charge in [0.05, 0.1) is 13.7 Å². The van der Waals surface area contributed by atoms with Crippen LogP contribution in [-0.4, -0.2) is 18.8 Å². The second-order valence-electron chi connectivity index (χ2n) is 4.14. The van der Waals surface area contributed by atoms with E-state index in [9.17, 15) is 5.11 Å². The summed E-state index contributed by atoms with van der Waals surface area (Å²) >= 11 is 6.19. The Kier molecular flexibility index (Phi) is 2.89. The Morgan fingerprint density at radius 1 is 1.47 bits per heavy atom. The van der Waals surface area contributed by atoms with Crippen LogP contribution in [0.15, 0.2) is 18.2 Å². The molecule has 0 saturated heterocycles. The van der Waals surface area contributed by atoms with Crippen molar-refractivity contribution in [3.8, 4) is 5.75 Å². The number of benzene rings is 1. The lowest BCUT2D eigenvalue weighted by atomic mass is 9.65. The van der Waals surface area contributed by atoms with E-state index in [4.69, 9.17) is 16.3 Å². The SMILES string of the molecule is COc1ccc(C2(CO)CCC2)c(Cl)c1. The van der Waals surface area contributed by atoms with Crippen molar-refractivity contribution in [2.45, 2.75) is 24.7 Å². The molecule has 1 aromatic rings. The van der Waals surface area contributed by atoms with Crippen molar-refractivity contribution in [1.29, 1.82) is 0 Å². The third kappa shape index (κ3) is 1.72. The highest BCUT2D eigenvalue weighted by Gasteiger charge is 2.39. The number of rotatable bonds is 3. The van der Waals surface area contributed by atoms with E-state index in [0.29, 0.717) is 5.02 Å². The summed E-state index contributed by atoms with van der Waals surface area (Å²) in [5.74, 6) is 0.760. The van der Waals surface area contributed by atoms with Gasteiger partial charge in [0.1, 0.15) is 5.75 Å². The lowest BCUT2D eigenvalue weighted by Crippen LogP contribution is -2.38. The van der Waals surface area contributed by atoms with Gasteiger partial charge in [-0.15, -0.1) is 0 Å². The molecule has 2 rings (SSSR count). The minimum atomic E-state index is -0.0939. The molecule has 1 N–H and O–H groups in total. The van der Waals surface area contributed by atoms with Gasteiger partial charge in [0.2, 0.25) is 0 Å². The summed E-state index contributed by atoms with van der Waals surface area (Å²) in [4.78, 5) is 0. The average molecular weight is 227 g/mol. The van der Waals surface area contributed by atoms with Crippen LogP contribution in [-0.2, 0) is 5.41 Å². The summed E-state index contributed by atoms with van der Waals surface area (Å²) in [5.41, 5.74) is 0.960. The summed E-state index contributed by atoms with van der Waals surface area (Å²) in [5, 5.41) is 10.1. The van der Waals surface area contributed by atoms with Gasteiger partial charge >= 0.3 is 0 Å². The monoisotopic (exact) mass is 226 g/mol. The van der Waals surface area contributed by atoms with Crippen LogP contribution in [0, 0.1) is 0 Å². The van der Waals surface area contributed by atoms with Crippen LogP contribution in [0.3, 0.4) is 0 Å². The fourth-order valence-electron chi connectivity index (χ4n) is 2.17. The second kappa shape index (κ2) is 4.03. The van der Waals surface area contributed by atoms with Crippen LogP contribution in [0.4, 0.5) is 0 Å². The maximum absolute atomic E-state index is 9.45. The van der Waals surface area contributed by atoms with Crippen molar-refractivity contribution in [1.82, 2.24) is 0 Å². The summed E-state index contributed by atoms with van der Waals surface area (Å²) in [6, 6.07) is 5.68. The number of methoxy groups -OCH3 is 1. The molecule has 1 aliphatic rings. The van der Waals surface area contributed by atoms with Crippen LogP contribution in [0.1, 0.15) is 24.8 Å². The van der Waals surface area contributed by atoms with Crippen LogP contribution in [0.2, 0.25) is 5.02 Å². The van der Waals surface area contributed by atoms with E-state index in [0.717, 1.165) is 24.2 Å². The van der Waals surface area contributed by atoms with Gasteiger partial charge in [-0.3, -0.25) is 0 Å². The van der Waals surface area contributed by atoms with Gasteiger partial charge in [-0.2, -0.15) is 0 Å². The molecular formula is C12H15ClO2. The van der Waals surface area contributed by atoms with Crippen LogP contribution >= 0.6 is 11.6 Å². The van der Waals surface area contributed by atoms with Crippen LogP contribution in [0.25, 0.3) is 0 Å². The molecule has 1 saturated carbocycles. The summed E-state index contributed by atoms with van der Waals surface area (Å²) in [6.07, 6.45) is 3.22. The lowest BCUT2D eigenvalue weighted by molar-refractivity contribution is 0.120. The fraction of sp³-hybridized carbons (Fsp3) is 0.500. The zero-order valence-corrected chi connectivity index (χ0v) is 9.55. The Bertz CT molecular complexity index is 353. The molecule has 1 fully saturated rings. The van der Waals surface area contributed by atoms with Gasteiger partial charge in [0, 0.05) is 10.4 Å². The molecule has 0 heterocycles. The predicted octanol–water partition coefficient (Wildman–Crippen LogP) is 2.76. The molecule has 2 nitrogen and oxygen atoms in total. The van der Waals surface area contributed by atoms with Crippen molar-refractivity contribution in [2.75, 3.05) is 13.7 Å². The van der Waals surface area contributed by atoms with Gasteiger partial charge < -0.3 is 9.84 Å². The smallest absolute Gasteiger partial charge is 0.120 e. The minimum absolute atomic E-state index is 0.0939. The van der Waals surface area contributed by atoms with E-state index < -0.39 is 0 Å². The molecule has 0 amide bonds. The maximum atomic E-state index is 9.45. The molecule has 0 bridgehead atoms. The minimum Gasteiger partial charge on any atom is -0.497 e. The molecule has 0 spiro atoms. The quantitative estimate of drug-likeness (QED) is 0.859. The van der Waals surface area contributed by atoms with E-state index in [1.165, 1.54) is 6.42 Å². The standard InChI is InChI=1S/C12H15ClO2/c1-15-9-3-4-10(11(13)7-9)12(8-14)5-2-6-12/h3-4,7,14H,2,5-6,8H2,1H3. The summed E-state index contributed by atoms with van der Waals surface area (Å²) in [6.45, 7) is 0.180. The zero-order valence-electron chi connectivity index (χ0n) is 8.79. The molecule has 15 heavy (non-hydrogen) atoms. The van der Waals surface area contributed by atoms with E-state index in [1.54, 1.807) is 7.11 Å². The molecule has 1 aliphatic carbocycles. The first-order valence-corrected chi connectivity index (χ1v) is 5.54. The Balaban J connectivity index is 2.36. The third-order valence-corrected chi connectivity index (χ3v) is 3.67. The van der Waals surface area contributed by atoms with Crippen molar-refractivity contribution in [3.05, 3.63) is 28.8 Å². The first kappa shape index (κ1) is 10.8. The molecular weight excluding hydrogens is 212 g/mol. The number of aliphatic hydroxyl groups is 1. The molecule has 0 unspecified atom stereocenters. The first-order chi connectivity index (χ1) is 7.22. The average Bonchev–Trinajstić information content (AvgIpc) is 2.19. The van der Waals surface area contributed by atoms with Crippen molar-refractivity contribution in [3.63, 3.8) is 0 Å². The molecule has 0 aromatic heterocycles. The fourth-order valence-corrected chi connectivity index (χ4v) is 2.54. The third-order valence-electron chi connectivity index (χ3n) is 3.36. The van der Waals surface area contributed by atoms with Gasteiger partial charge in [-0.05, 0) is 30.5 Å². The van der Waals surface area contributed by atoms with Gasteiger partial charge in [0.15, 0.2) is 0 Å². The number of aliphatic hydroxyl groups excluding tert-OH is 1. The van der Waals surface area contributed by atoms with Gasteiger partial charge in [0.25, 0.3) is 0 Å². The lowest BCUT2D eigenvalue weighted by Gasteiger charge is -2.41. The number of halogens is 1. The van der Waals surface area contributed by atoms with E-state index >= 15 is 0 Å². The Morgan fingerprint density at radius 3 is 2.60 bits per heavy atom. The number of ether oxygens (including phenoxy) is 1. The predicted molar refractivity (Wildman–Crippen MR) is 60.6 cm³/mol. The normalized spacial score (nSPS) is 18.3. The molecule has 0 radical (unpaired) electrons. The van der Waals surface area contributed by atoms with E-state index in [1.807, 2.05) is 18.2 Å². The summed E-state index contributed by atoms with van der Waals surface area (Å²) < 4.78 is 5.10. The van der Waals surface area contributed by atoms with Crippen LogP contribution in [0.5, 0.6) is 5.75 Å². The number of hydrogen-bond donors (Lipinski definition) is 1. The van der Waals surface area contributed by atoms with Gasteiger partial charge in [-0.25, -0.2) is 0 Å². The maximum Gasteiger partial charge on any atom is 0.120 e. The Morgan fingerprint density at radius 2 is 2.20 bits per heavy atom. The molecule has 1 aromatic carbocycles. The molecule has 0 atom stereocenters. The van der Waals surface area contributed by atoms with Gasteiger partial charge in [-0.1, -0.05) is 24.1 Å². The highest BCUT2D eigenvalue weighted by molar-refractivity contribution is 6.31. The molecule has 82 valence electrons. The zero-order chi connectivity index (χ0) is 10.9. The Labute approximate surface area is 94.8 Å². The summed E-state index contributed by atoms with van der Waals surface area (Å²) in [7, 11) is 1.62. The highest BCUT2D eigenvalue weighted by Crippen LogP contribution is 2.46. The van der Waals surface area contributed by atoms with Crippen molar-refractivity contribution >= 4 is 11.6 Å². The largest absolute Gasteiger partial charge is 0.497 e. The van der Waals surface area contributed by atoms with Crippen molar-refractivity contribution < 1.29 is 9.84 Å². The Hall–Kier alpha value is -0.730. The van der Waals surface area contributed by atoms with Crippen molar-refractivity contribution in [2.24, 2.45) is 0 Å². The highest BCUT2D eigenvalue weighted by atomic mass is 35.5. The molecule has 3 heteroatoms. The second-order valence-corrected chi connectivity index (χ2v) is 4.54. The van der Waals surface area contributed by atoms with E-state index in [-0.39, 0.29) is 12.0 Å². The van der Waals surface area contributed by atoms with E-state index in [2.05, 4.69) is 0 Å². The molecule has 0 aliphatic heterocycles. The topological polar surface area (TPSA) is 29.5 Å². The number of hydrogen-bond acceptors (Lipinski definition) is 2. The van der Waals surface area contributed by atoms with Crippen LogP contribution < -0.4 is 4.74 Å². The first-order valence-electron chi connectivity index (χ1n) is 5.17.